The van der Waals surface area contributed by atoms with Crippen LogP contribution in [0.1, 0.15) is 20.7 Å². The van der Waals surface area contributed by atoms with E-state index in [1.165, 1.54) is 36.4 Å². The van der Waals surface area contributed by atoms with Crippen LogP contribution in [-0.4, -0.2) is 31.5 Å². The molecule has 18 nitrogen and oxygen atoms in total. The molecule has 0 fully saturated rings. The standard InChI is InChI=1S/C32H20N6O12/c39-31(27-13-9-21(35(41)42)16-29(27)37(45)46)33-19-7-11-23(12-8-19)49-25-5-2-6-26(18-25)50-24-4-1-3-20(15-24)34-32(40)28-14-10-22(36(43)44)17-30(28)38(47)48/h1-18H,(H,33,39)(H,34,40). The second-order valence-corrected chi connectivity index (χ2v) is 10.1. The largest absolute Gasteiger partial charge is 0.457 e. The summed E-state index contributed by atoms with van der Waals surface area (Å²) in [6.07, 6.45) is 0. The number of amides is 2. The molecule has 50 heavy (non-hydrogen) atoms. The summed E-state index contributed by atoms with van der Waals surface area (Å²) in [6, 6.07) is 24.0. The average Bonchev–Trinajstić information content (AvgIpc) is 3.08. The highest BCUT2D eigenvalue weighted by Crippen LogP contribution is 2.31. The number of hydrogen-bond acceptors (Lipinski definition) is 12. The second-order valence-electron chi connectivity index (χ2n) is 10.1. The van der Waals surface area contributed by atoms with Crippen LogP contribution < -0.4 is 20.1 Å². The molecule has 0 atom stereocenters. The fraction of sp³-hybridized carbons (Fsp3) is 0. The smallest absolute Gasteiger partial charge is 0.289 e. The summed E-state index contributed by atoms with van der Waals surface area (Å²) in [5, 5.41) is 49.8. The first-order valence-electron chi connectivity index (χ1n) is 14.0. The van der Waals surface area contributed by atoms with Gasteiger partial charge in [0.2, 0.25) is 0 Å². The highest BCUT2D eigenvalue weighted by atomic mass is 16.6. The van der Waals surface area contributed by atoms with E-state index in [0.29, 0.717) is 29.4 Å². The summed E-state index contributed by atoms with van der Waals surface area (Å²) in [4.78, 5) is 66.9. The predicted molar refractivity (Wildman–Crippen MR) is 175 cm³/mol. The van der Waals surface area contributed by atoms with Gasteiger partial charge in [0, 0.05) is 35.6 Å². The third-order valence-corrected chi connectivity index (χ3v) is 6.75. The van der Waals surface area contributed by atoms with E-state index in [1.54, 1.807) is 36.4 Å². The summed E-state index contributed by atoms with van der Waals surface area (Å²) in [5.74, 6) is -0.377. The van der Waals surface area contributed by atoms with Crippen molar-refractivity contribution < 1.29 is 38.8 Å². The van der Waals surface area contributed by atoms with Gasteiger partial charge in [-0.3, -0.25) is 50.0 Å². The number of ether oxygens (including phenoxy) is 2. The van der Waals surface area contributed by atoms with Crippen LogP contribution in [0.15, 0.2) is 109 Å². The molecular formula is C32H20N6O12. The average molecular weight is 681 g/mol. The molecular weight excluding hydrogens is 660 g/mol. The number of rotatable bonds is 12. The van der Waals surface area contributed by atoms with Crippen LogP contribution in [0, 0.1) is 40.5 Å². The van der Waals surface area contributed by atoms with Crippen molar-refractivity contribution in [3.8, 4) is 23.0 Å². The summed E-state index contributed by atoms with van der Waals surface area (Å²) in [6.45, 7) is 0. The molecule has 5 aromatic carbocycles. The SMILES string of the molecule is O=C(Nc1ccc(Oc2cccc(Oc3cccc(NC(=O)c4ccc([N+](=O)[O-])cc4[N+](=O)[O-])c3)c2)cc1)c1ccc([N+](=O)[O-])cc1[N+](=O)[O-]. The van der Waals surface area contributed by atoms with E-state index in [-0.39, 0.29) is 28.3 Å². The molecule has 0 aliphatic heterocycles. The normalized spacial score (nSPS) is 10.4. The number of nitrogens with zero attached hydrogens (tertiary/aromatic N) is 4. The number of nitrogens with one attached hydrogen (secondary N) is 2. The molecule has 0 aliphatic rings. The van der Waals surface area contributed by atoms with Gasteiger partial charge in [-0.05, 0) is 60.7 Å². The van der Waals surface area contributed by atoms with Gasteiger partial charge in [-0.1, -0.05) is 12.1 Å². The molecule has 0 saturated carbocycles. The molecule has 250 valence electrons. The minimum Gasteiger partial charge on any atom is -0.457 e. The van der Waals surface area contributed by atoms with E-state index in [4.69, 9.17) is 9.47 Å². The van der Waals surface area contributed by atoms with Crippen molar-refractivity contribution in [2.75, 3.05) is 10.6 Å². The molecule has 0 spiro atoms. The Morgan fingerprint density at radius 1 is 0.460 bits per heavy atom. The molecule has 0 heterocycles. The van der Waals surface area contributed by atoms with Crippen LogP contribution in [0.5, 0.6) is 23.0 Å². The van der Waals surface area contributed by atoms with Crippen LogP contribution >= 0.6 is 0 Å². The molecule has 5 aromatic rings. The van der Waals surface area contributed by atoms with E-state index < -0.39 is 54.3 Å². The van der Waals surface area contributed by atoms with Gasteiger partial charge in [0.15, 0.2) is 0 Å². The number of anilines is 2. The van der Waals surface area contributed by atoms with Crippen LogP contribution in [0.3, 0.4) is 0 Å². The number of benzene rings is 5. The van der Waals surface area contributed by atoms with E-state index >= 15 is 0 Å². The Morgan fingerprint density at radius 2 is 0.900 bits per heavy atom. The Morgan fingerprint density at radius 3 is 1.38 bits per heavy atom. The highest BCUT2D eigenvalue weighted by Gasteiger charge is 2.25. The molecule has 2 amide bonds. The molecule has 0 bridgehead atoms. The van der Waals surface area contributed by atoms with E-state index in [9.17, 15) is 50.0 Å². The Labute approximate surface area is 279 Å². The molecule has 0 aromatic heterocycles. The lowest BCUT2D eigenvalue weighted by Crippen LogP contribution is -2.14. The van der Waals surface area contributed by atoms with Crippen molar-refractivity contribution in [2.24, 2.45) is 0 Å². The van der Waals surface area contributed by atoms with E-state index in [2.05, 4.69) is 10.6 Å². The fourth-order valence-corrected chi connectivity index (χ4v) is 4.47. The number of carbonyl (C=O) groups is 2. The van der Waals surface area contributed by atoms with Gasteiger partial charge < -0.3 is 20.1 Å². The van der Waals surface area contributed by atoms with Crippen molar-refractivity contribution in [2.45, 2.75) is 0 Å². The lowest BCUT2D eigenvalue weighted by atomic mass is 10.1. The van der Waals surface area contributed by atoms with Gasteiger partial charge in [-0.2, -0.15) is 0 Å². The third kappa shape index (κ3) is 7.96. The van der Waals surface area contributed by atoms with Gasteiger partial charge >= 0.3 is 0 Å². The number of nitro benzene ring substituents is 4. The van der Waals surface area contributed by atoms with Crippen molar-refractivity contribution in [1.29, 1.82) is 0 Å². The first-order valence-corrected chi connectivity index (χ1v) is 14.0. The zero-order chi connectivity index (χ0) is 35.9. The Kier molecular flexibility index (Phi) is 9.64. The second kappa shape index (κ2) is 14.3. The van der Waals surface area contributed by atoms with Crippen molar-refractivity contribution in [3.05, 3.63) is 161 Å². The first-order chi connectivity index (χ1) is 23.9. The van der Waals surface area contributed by atoms with E-state index in [1.807, 2.05) is 0 Å². The van der Waals surface area contributed by atoms with Crippen molar-refractivity contribution in [1.82, 2.24) is 0 Å². The maximum absolute atomic E-state index is 12.8. The van der Waals surface area contributed by atoms with Crippen LogP contribution in [0.2, 0.25) is 0 Å². The monoisotopic (exact) mass is 680 g/mol. The zero-order valence-corrected chi connectivity index (χ0v) is 25.1. The topological polar surface area (TPSA) is 249 Å². The lowest BCUT2D eigenvalue weighted by molar-refractivity contribution is -0.394. The fourth-order valence-electron chi connectivity index (χ4n) is 4.47. The van der Waals surface area contributed by atoms with Crippen molar-refractivity contribution in [3.63, 3.8) is 0 Å². The lowest BCUT2D eigenvalue weighted by Gasteiger charge is -2.11. The van der Waals surface area contributed by atoms with Gasteiger partial charge in [-0.15, -0.1) is 0 Å². The number of hydrogen-bond donors (Lipinski definition) is 2. The van der Waals surface area contributed by atoms with Gasteiger partial charge in [0.05, 0.1) is 31.8 Å². The predicted octanol–water partition coefficient (Wildman–Crippen LogP) is 7.41. The van der Waals surface area contributed by atoms with Gasteiger partial charge in [0.25, 0.3) is 34.6 Å². The maximum atomic E-state index is 12.8. The molecule has 0 radical (unpaired) electrons. The number of nitro groups is 4. The van der Waals surface area contributed by atoms with E-state index in [0.717, 1.165) is 24.3 Å². The third-order valence-electron chi connectivity index (χ3n) is 6.75. The molecule has 18 heteroatoms. The first kappa shape index (κ1) is 33.6. The number of carbonyl (C=O) groups excluding carboxylic acids is 2. The number of non-ortho nitro benzene ring substituents is 2. The van der Waals surface area contributed by atoms with Crippen LogP contribution in [-0.2, 0) is 0 Å². The minimum absolute atomic E-state index is 0.225. The van der Waals surface area contributed by atoms with Crippen LogP contribution in [0.4, 0.5) is 34.1 Å². The van der Waals surface area contributed by atoms with Crippen LogP contribution in [0.25, 0.3) is 0 Å². The summed E-state index contributed by atoms with van der Waals surface area (Å²) >= 11 is 0. The molecule has 2 N–H and O–H groups in total. The summed E-state index contributed by atoms with van der Waals surface area (Å²) in [5.41, 5.74) is -2.76. The maximum Gasteiger partial charge on any atom is 0.289 e. The Balaban J connectivity index is 1.23. The zero-order valence-electron chi connectivity index (χ0n) is 25.1. The summed E-state index contributed by atoms with van der Waals surface area (Å²) < 4.78 is 11.8. The van der Waals surface area contributed by atoms with Gasteiger partial charge in [0.1, 0.15) is 34.1 Å². The molecule has 0 unspecified atom stereocenters. The van der Waals surface area contributed by atoms with Crippen molar-refractivity contribution >= 4 is 45.9 Å². The summed E-state index contributed by atoms with van der Waals surface area (Å²) in [7, 11) is 0. The minimum atomic E-state index is -0.886. The Bertz CT molecular complexity index is 2190. The quantitative estimate of drug-likeness (QED) is 0.0965. The highest BCUT2D eigenvalue weighted by molar-refractivity contribution is 6.08. The molecule has 5 rings (SSSR count). The molecule has 0 aliphatic carbocycles. The Hall–Kier alpha value is -7.76. The molecule has 0 saturated heterocycles. The van der Waals surface area contributed by atoms with Gasteiger partial charge in [-0.25, -0.2) is 0 Å².